The van der Waals surface area contributed by atoms with Gasteiger partial charge < -0.3 is 10.4 Å². The molecule has 6 nitrogen and oxygen atoms in total. The van der Waals surface area contributed by atoms with Crippen LogP contribution < -0.4 is 16.0 Å². The van der Waals surface area contributed by atoms with Crippen molar-refractivity contribution in [1.29, 1.82) is 0 Å². The number of nitrogens with zero attached hydrogens (tertiary/aromatic N) is 2. The van der Waals surface area contributed by atoms with Gasteiger partial charge in [0.1, 0.15) is 17.7 Å². The molecule has 1 spiro atoms. The number of aliphatic hydroxyl groups excluding tert-OH is 1. The summed E-state index contributed by atoms with van der Waals surface area (Å²) in [5, 5.41) is 22.9. The number of aliphatic hydroxyl groups is 1. The molecular weight excluding hydrogens is 398 g/mol. The van der Waals surface area contributed by atoms with Gasteiger partial charge in [-0.15, -0.1) is 0 Å². The van der Waals surface area contributed by atoms with Crippen molar-refractivity contribution in [3.63, 3.8) is 0 Å². The minimum atomic E-state index is -0.628. The number of hydrogen-bond donors (Lipinski definition) is 4. The zero-order chi connectivity index (χ0) is 21.8. The highest BCUT2D eigenvalue weighted by molar-refractivity contribution is 5.82. The third kappa shape index (κ3) is 3.12. The number of fused-ring (bicyclic) bond motifs is 2. The highest BCUT2D eigenvalue weighted by Gasteiger charge is 2.63. The maximum Gasteiger partial charge on any atom is 0.132 e. The van der Waals surface area contributed by atoms with E-state index in [2.05, 4.69) is 70.3 Å². The van der Waals surface area contributed by atoms with E-state index in [1.807, 2.05) is 0 Å². The first-order chi connectivity index (χ1) is 15.6. The Morgan fingerprint density at radius 1 is 1.25 bits per heavy atom. The summed E-state index contributed by atoms with van der Waals surface area (Å²) in [7, 11) is 0. The molecule has 1 aromatic heterocycles. The lowest BCUT2D eigenvalue weighted by Gasteiger charge is -2.49. The number of benzene rings is 1. The predicted octanol–water partition coefficient (Wildman–Crippen LogP) is 3.61. The average molecular weight is 432 g/mol. The van der Waals surface area contributed by atoms with E-state index in [1.54, 1.807) is 0 Å². The van der Waals surface area contributed by atoms with Crippen LogP contribution >= 0.6 is 0 Å². The van der Waals surface area contributed by atoms with Gasteiger partial charge in [-0.3, -0.25) is 15.5 Å². The normalized spacial score (nSPS) is 30.2. The Hall–Kier alpha value is -2.25. The van der Waals surface area contributed by atoms with Crippen molar-refractivity contribution in [3.8, 4) is 0 Å². The van der Waals surface area contributed by atoms with Crippen LogP contribution in [0.5, 0.6) is 0 Å². The molecule has 0 radical (unpaired) electrons. The Labute approximate surface area is 189 Å². The lowest BCUT2D eigenvalue weighted by atomic mass is 9.85. The van der Waals surface area contributed by atoms with Gasteiger partial charge in [0.25, 0.3) is 0 Å². The number of allylic oxidation sites excluding steroid dienone is 2. The molecule has 2 aliphatic carbocycles. The van der Waals surface area contributed by atoms with Crippen molar-refractivity contribution in [2.45, 2.75) is 69.4 Å². The van der Waals surface area contributed by atoms with Crippen LogP contribution in [-0.4, -0.2) is 45.6 Å². The second-order valence-electron chi connectivity index (χ2n) is 9.97. The Morgan fingerprint density at radius 2 is 2.16 bits per heavy atom. The standard InChI is InChI=1S/C26H33N5O/c1-18-6-4-8-20(14-18)24(32)27-17-28-25-10-5-11-26(25)30-23-21(16-31(26)13-12-25)15-19-7-2-3-9-22(19)29-23/h2-3,7-9,14-15,24,27-28,32H,4-6,10-13,16-17H2,1H3,(H,29,30). The van der Waals surface area contributed by atoms with Crippen molar-refractivity contribution in [1.82, 2.24) is 20.5 Å². The number of rotatable bonds is 5. The number of para-hydroxylation sites is 1. The SMILES string of the molecule is CC1=CC(C(O)NCNC23CCCC24Nc2nc5ccccc5cc2CN4CC3)=CCC1. The largest absolute Gasteiger partial charge is 0.374 e. The molecule has 0 amide bonds. The molecule has 1 aromatic carbocycles. The Morgan fingerprint density at radius 3 is 3.06 bits per heavy atom. The molecule has 4 aliphatic rings. The Bertz CT molecular complexity index is 1110. The molecule has 6 rings (SSSR count). The zero-order valence-electron chi connectivity index (χ0n) is 18.8. The summed E-state index contributed by atoms with van der Waals surface area (Å²) in [4.78, 5) is 7.63. The molecule has 0 bridgehead atoms. The molecule has 6 heteroatoms. The van der Waals surface area contributed by atoms with Crippen LogP contribution in [0.1, 0.15) is 51.0 Å². The van der Waals surface area contributed by atoms with Gasteiger partial charge in [-0.05, 0) is 63.2 Å². The topological polar surface area (TPSA) is 72.5 Å². The van der Waals surface area contributed by atoms with Crippen molar-refractivity contribution < 1.29 is 5.11 Å². The third-order valence-electron chi connectivity index (χ3n) is 8.14. The fraction of sp³-hybridized carbons (Fsp3) is 0.500. The zero-order valence-corrected chi connectivity index (χ0v) is 18.8. The van der Waals surface area contributed by atoms with E-state index in [1.165, 1.54) is 22.9 Å². The van der Waals surface area contributed by atoms with Crippen LogP contribution in [0.15, 0.2) is 53.6 Å². The summed E-state index contributed by atoms with van der Waals surface area (Å²) in [5.41, 5.74) is 4.54. The van der Waals surface area contributed by atoms with Gasteiger partial charge in [0.15, 0.2) is 0 Å². The summed E-state index contributed by atoms with van der Waals surface area (Å²) < 4.78 is 0. The lowest BCUT2D eigenvalue weighted by molar-refractivity contribution is 0.0913. The van der Waals surface area contributed by atoms with E-state index in [0.717, 1.165) is 62.1 Å². The molecule has 4 N–H and O–H groups in total. The minimum Gasteiger partial charge on any atom is -0.374 e. The molecule has 168 valence electrons. The molecule has 32 heavy (non-hydrogen) atoms. The van der Waals surface area contributed by atoms with Crippen molar-refractivity contribution >= 4 is 16.7 Å². The summed E-state index contributed by atoms with van der Waals surface area (Å²) in [6.07, 6.45) is 10.3. The van der Waals surface area contributed by atoms with Crippen molar-refractivity contribution in [2.24, 2.45) is 0 Å². The van der Waals surface area contributed by atoms with Crippen LogP contribution in [0.3, 0.4) is 0 Å². The summed E-state index contributed by atoms with van der Waals surface area (Å²) >= 11 is 0. The van der Waals surface area contributed by atoms with E-state index in [4.69, 9.17) is 4.98 Å². The van der Waals surface area contributed by atoms with E-state index >= 15 is 0 Å². The molecule has 1 saturated heterocycles. The van der Waals surface area contributed by atoms with E-state index < -0.39 is 6.23 Å². The summed E-state index contributed by atoms with van der Waals surface area (Å²) in [5.74, 6) is 1.04. The fourth-order valence-corrected chi connectivity index (χ4v) is 6.50. The van der Waals surface area contributed by atoms with Gasteiger partial charge in [-0.1, -0.05) is 35.9 Å². The monoisotopic (exact) mass is 431 g/mol. The first kappa shape index (κ1) is 20.4. The molecule has 2 fully saturated rings. The number of hydrogen-bond acceptors (Lipinski definition) is 6. The van der Waals surface area contributed by atoms with Crippen LogP contribution in [0, 0.1) is 0 Å². The third-order valence-corrected chi connectivity index (χ3v) is 8.14. The highest BCUT2D eigenvalue weighted by Crippen LogP contribution is 2.53. The van der Waals surface area contributed by atoms with Gasteiger partial charge >= 0.3 is 0 Å². The summed E-state index contributed by atoms with van der Waals surface area (Å²) in [6.45, 7) is 4.73. The van der Waals surface area contributed by atoms with Gasteiger partial charge in [-0.25, -0.2) is 4.98 Å². The molecule has 2 aliphatic heterocycles. The van der Waals surface area contributed by atoms with Crippen LogP contribution in [-0.2, 0) is 6.54 Å². The Balaban J connectivity index is 1.22. The highest BCUT2D eigenvalue weighted by atomic mass is 16.3. The molecule has 1 saturated carbocycles. The molecule has 3 atom stereocenters. The molecule has 2 aromatic rings. The molecule has 3 unspecified atom stereocenters. The van der Waals surface area contributed by atoms with Crippen LogP contribution in [0.4, 0.5) is 5.82 Å². The lowest BCUT2D eigenvalue weighted by Crippen LogP contribution is -2.68. The predicted molar refractivity (Wildman–Crippen MR) is 128 cm³/mol. The maximum atomic E-state index is 10.7. The van der Waals surface area contributed by atoms with Crippen LogP contribution in [0.2, 0.25) is 0 Å². The van der Waals surface area contributed by atoms with Crippen molar-refractivity contribution in [3.05, 3.63) is 59.2 Å². The summed E-state index contributed by atoms with van der Waals surface area (Å²) in [6, 6.07) is 10.7. The molecule has 3 heterocycles. The number of pyridine rings is 1. The smallest absolute Gasteiger partial charge is 0.132 e. The van der Waals surface area contributed by atoms with E-state index in [0.29, 0.717) is 6.67 Å². The first-order valence-corrected chi connectivity index (χ1v) is 12.0. The minimum absolute atomic E-state index is 0.0164. The Kier molecular flexibility index (Phi) is 4.88. The average Bonchev–Trinajstić information content (AvgIpc) is 3.28. The van der Waals surface area contributed by atoms with Gasteiger partial charge in [0, 0.05) is 30.7 Å². The van der Waals surface area contributed by atoms with Crippen molar-refractivity contribution in [2.75, 3.05) is 18.5 Å². The molecular formula is C26H33N5O. The van der Waals surface area contributed by atoms with E-state index in [-0.39, 0.29) is 11.2 Å². The van der Waals surface area contributed by atoms with Gasteiger partial charge in [0.2, 0.25) is 0 Å². The van der Waals surface area contributed by atoms with E-state index in [9.17, 15) is 5.11 Å². The number of anilines is 1. The number of aromatic nitrogens is 1. The van der Waals surface area contributed by atoms with Gasteiger partial charge in [-0.2, -0.15) is 0 Å². The fourth-order valence-electron chi connectivity index (χ4n) is 6.50. The second-order valence-corrected chi connectivity index (χ2v) is 9.97. The maximum absolute atomic E-state index is 10.7. The quantitative estimate of drug-likeness (QED) is 0.542. The number of nitrogens with one attached hydrogen (secondary N) is 3. The van der Waals surface area contributed by atoms with Crippen LogP contribution in [0.25, 0.3) is 10.9 Å². The van der Waals surface area contributed by atoms with Gasteiger partial charge in [0.05, 0.1) is 11.1 Å². The first-order valence-electron chi connectivity index (χ1n) is 12.0. The second kappa shape index (κ2) is 7.66.